The summed E-state index contributed by atoms with van der Waals surface area (Å²) in [6, 6.07) is 14.5. The lowest BCUT2D eigenvalue weighted by molar-refractivity contribution is -0.123. The van der Waals surface area contributed by atoms with Gasteiger partial charge in [0.05, 0.1) is 0 Å². The molecule has 24 heavy (non-hydrogen) atoms. The molecule has 0 bridgehead atoms. The summed E-state index contributed by atoms with van der Waals surface area (Å²) in [5, 5.41) is 3.01. The third kappa shape index (κ3) is 5.41. The topological polar surface area (TPSA) is 38.3 Å². The van der Waals surface area contributed by atoms with Crippen LogP contribution in [0.25, 0.3) is 0 Å². The molecule has 1 amide bonds. The number of hydrogen-bond donors (Lipinski definition) is 1. The number of hydrogen-bond acceptors (Lipinski definition) is 2. The van der Waals surface area contributed by atoms with Crippen molar-refractivity contribution in [1.82, 2.24) is 5.32 Å². The molecule has 0 aliphatic rings. The maximum atomic E-state index is 12.1. The van der Waals surface area contributed by atoms with E-state index in [9.17, 15) is 4.79 Å². The molecular formula is C21H27NO2. The van der Waals surface area contributed by atoms with E-state index in [-0.39, 0.29) is 18.6 Å². The Kier molecular flexibility index (Phi) is 6.42. The monoisotopic (exact) mass is 325 g/mol. The molecule has 0 aromatic heterocycles. The third-order valence-corrected chi connectivity index (χ3v) is 4.24. The Morgan fingerprint density at radius 1 is 1.12 bits per heavy atom. The van der Waals surface area contributed by atoms with E-state index in [1.165, 1.54) is 11.1 Å². The van der Waals surface area contributed by atoms with Gasteiger partial charge in [-0.25, -0.2) is 0 Å². The van der Waals surface area contributed by atoms with Gasteiger partial charge in [0.25, 0.3) is 5.91 Å². The molecule has 0 spiro atoms. The van der Waals surface area contributed by atoms with Gasteiger partial charge in [-0.1, -0.05) is 36.4 Å². The van der Waals surface area contributed by atoms with E-state index in [1.807, 2.05) is 45.0 Å². The first-order valence-electron chi connectivity index (χ1n) is 8.49. The van der Waals surface area contributed by atoms with Crippen molar-refractivity contribution >= 4 is 5.91 Å². The Balaban J connectivity index is 1.79. The van der Waals surface area contributed by atoms with Gasteiger partial charge in [0.1, 0.15) is 5.75 Å². The second-order valence-corrected chi connectivity index (χ2v) is 6.49. The molecule has 0 fully saturated rings. The van der Waals surface area contributed by atoms with Gasteiger partial charge < -0.3 is 10.1 Å². The fourth-order valence-corrected chi connectivity index (χ4v) is 2.71. The highest BCUT2D eigenvalue weighted by molar-refractivity contribution is 5.77. The van der Waals surface area contributed by atoms with Crippen LogP contribution in [0.2, 0.25) is 0 Å². The number of carbonyl (C=O) groups is 1. The number of benzene rings is 2. The predicted molar refractivity (Wildman–Crippen MR) is 98.5 cm³/mol. The van der Waals surface area contributed by atoms with E-state index in [4.69, 9.17) is 4.74 Å². The van der Waals surface area contributed by atoms with Crippen LogP contribution in [0.1, 0.15) is 35.6 Å². The molecular weight excluding hydrogens is 298 g/mol. The van der Waals surface area contributed by atoms with Gasteiger partial charge >= 0.3 is 0 Å². The molecule has 2 rings (SSSR count). The molecule has 0 aliphatic carbocycles. The maximum Gasteiger partial charge on any atom is 0.258 e. The summed E-state index contributed by atoms with van der Waals surface area (Å²) >= 11 is 0. The van der Waals surface area contributed by atoms with Crippen molar-refractivity contribution in [3.05, 3.63) is 64.7 Å². The van der Waals surface area contributed by atoms with E-state index >= 15 is 0 Å². The molecule has 0 radical (unpaired) electrons. The Labute approximate surface area is 145 Å². The molecule has 2 aromatic carbocycles. The lowest BCUT2D eigenvalue weighted by atomic mass is 10.1. The first-order chi connectivity index (χ1) is 11.5. The zero-order valence-corrected chi connectivity index (χ0v) is 15.1. The fourth-order valence-electron chi connectivity index (χ4n) is 2.71. The van der Waals surface area contributed by atoms with Gasteiger partial charge in [0, 0.05) is 6.04 Å². The van der Waals surface area contributed by atoms with E-state index in [1.54, 1.807) is 0 Å². The number of ether oxygens (including phenoxy) is 1. The van der Waals surface area contributed by atoms with Crippen molar-refractivity contribution in [3.8, 4) is 5.75 Å². The van der Waals surface area contributed by atoms with E-state index in [0.717, 1.165) is 29.7 Å². The van der Waals surface area contributed by atoms with Gasteiger partial charge in [0.2, 0.25) is 0 Å². The second-order valence-electron chi connectivity index (χ2n) is 6.49. The quantitative estimate of drug-likeness (QED) is 0.831. The number of nitrogens with one attached hydrogen (secondary N) is 1. The van der Waals surface area contributed by atoms with Crippen LogP contribution >= 0.6 is 0 Å². The summed E-state index contributed by atoms with van der Waals surface area (Å²) in [5.41, 5.74) is 4.71. The first kappa shape index (κ1) is 18.1. The van der Waals surface area contributed by atoms with Crippen LogP contribution in [-0.2, 0) is 11.2 Å². The number of aryl methyl sites for hydroxylation is 3. The van der Waals surface area contributed by atoms with Crippen LogP contribution in [0.4, 0.5) is 0 Å². The summed E-state index contributed by atoms with van der Waals surface area (Å²) in [7, 11) is 0. The smallest absolute Gasteiger partial charge is 0.258 e. The van der Waals surface area contributed by atoms with Crippen molar-refractivity contribution in [1.29, 1.82) is 0 Å². The lowest BCUT2D eigenvalue weighted by Gasteiger charge is -2.16. The largest absolute Gasteiger partial charge is 0.483 e. The van der Waals surface area contributed by atoms with Crippen LogP contribution in [-0.4, -0.2) is 18.6 Å². The van der Waals surface area contributed by atoms with Crippen LogP contribution in [0, 0.1) is 20.8 Å². The summed E-state index contributed by atoms with van der Waals surface area (Å²) in [5.74, 6) is 0.716. The molecule has 1 atom stereocenters. The minimum Gasteiger partial charge on any atom is -0.483 e. The molecule has 1 unspecified atom stereocenters. The number of carbonyl (C=O) groups excluding carboxylic acids is 1. The summed E-state index contributed by atoms with van der Waals surface area (Å²) in [4.78, 5) is 12.1. The normalized spacial score (nSPS) is 11.8. The SMILES string of the molecule is Cc1cc(C)c(C)c(OCC(=O)NC(C)CCc2ccccc2)c1. The minimum absolute atomic E-state index is 0.0550. The molecule has 3 heteroatoms. The van der Waals surface area contributed by atoms with Crippen LogP contribution in [0.15, 0.2) is 42.5 Å². The van der Waals surface area contributed by atoms with Gasteiger partial charge in [-0.3, -0.25) is 4.79 Å². The van der Waals surface area contributed by atoms with Gasteiger partial charge in [-0.2, -0.15) is 0 Å². The third-order valence-electron chi connectivity index (χ3n) is 4.24. The van der Waals surface area contributed by atoms with Crippen molar-refractivity contribution in [2.45, 2.75) is 46.6 Å². The first-order valence-corrected chi connectivity index (χ1v) is 8.49. The summed E-state index contributed by atoms with van der Waals surface area (Å²) in [6.45, 7) is 8.19. The van der Waals surface area contributed by atoms with Crippen molar-refractivity contribution in [3.63, 3.8) is 0 Å². The van der Waals surface area contributed by atoms with E-state index in [0.29, 0.717) is 0 Å². The number of rotatable bonds is 7. The highest BCUT2D eigenvalue weighted by Gasteiger charge is 2.10. The zero-order chi connectivity index (χ0) is 17.5. The van der Waals surface area contributed by atoms with Gasteiger partial charge in [0.15, 0.2) is 6.61 Å². The summed E-state index contributed by atoms with van der Waals surface area (Å²) < 4.78 is 5.71. The highest BCUT2D eigenvalue weighted by Crippen LogP contribution is 2.23. The Hall–Kier alpha value is -2.29. The standard InChI is InChI=1S/C21H27NO2/c1-15-12-16(2)18(4)20(13-15)24-14-21(23)22-17(3)10-11-19-8-6-5-7-9-19/h5-9,12-13,17H,10-11,14H2,1-4H3,(H,22,23). The van der Waals surface area contributed by atoms with Crippen molar-refractivity contribution < 1.29 is 9.53 Å². The molecule has 0 heterocycles. The van der Waals surface area contributed by atoms with Gasteiger partial charge in [-0.15, -0.1) is 0 Å². The second kappa shape index (κ2) is 8.53. The molecule has 0 saturated heterocycles. The average molecular weight is 325 g/mol. The van der Waals surface area contributed by atoms with E-state index in [2.05, 4.69) is 30.4 Å². The van der Waals surface area contributed by atoms with E-state index < -0.39 is 0 Å². The average Bonchev–Trinajstić information content (AvgIpc) is 2.56. The predicted octanol–water partition coefficient (Wildman–Crippen LogP) is 4.13. The number of amides is 1. The molecule has 128 valence electrons. The maximum absolute atomic E-state index is 12.1. The van der Waals surface area contributed by atoms with Crippen LogP contribution in [0.3, 0.4) is 0 Å². The minimum atomic E-state index is -0.0749. The van der Waals surface area contributed by atoms with Gasteiger partial charge in [-0.05, 0) is 68.9 Å². The zero-order valence-electron chi connectivity index (χ0n) is 15.1. The van der Waals surface area contributed by atoms with Crippen LogP contribution in [0.5, 0.6) is 5.75 Å². The lowest BCUT2D eigenvalue weighted by Crippen LogP contribution is -2.36. The molecule has 1 N–H and O–H groups in total. The summed E-state index contributed by atoms with van der Waals surface area (Å²) in [6.07, 6.45) is 1.87. The van der Waals surface area contributed by atoms with Crippen LogP contribution < -0.4 is 10.1 Å². The Morgan fingerprint density at radius 3 is 2.54 bits per heavy atom. The molecule has 0 saturated carbocycles. The molecule has 0 aliphatic heterocycles. The van der Waals surface area contributed by atoms with Crippen molar-refractivity contribution in [2.75, 3.05) is 6.61 Å². The van der Waals surface area contributed by atoms with Crippen molar-refractivity contribution in [2.24, 2.45) is 0 Å². The molecule has 3 nitrogen and oxygen atoms in total. The Morgan fingerprint density at radius 2 is 1.83 bits per heavy atom. The highest BCUT2D eigenvalue weighted by atomic mass is 16.5. The Bertz CT molecular complexity index is 680. The molecule has 2 aromatic rings. The fraction of sp³-hybridized carbons (Fsp3) is 0.381.